The molecule has 2 nitrogen and oxygen atoms in total. The Balaban J connectivity index is 2.24. The summed E-state index contributed by atoms with van der Waals surface area (Å²) in [5, 5.41) is 4.71. The van der Waals surface area contributed by atoms with E-state index in [4.69, 9.17) is 23.2 Å². The first kappa shape index (κ1) is 12.0. The van der Waals surface area contributed by atoms with Gasteiger partial charge in [-0.15, -0.1) is 0 Å². The lowest BCUT2D eigenvalue weighted by atomic mass is 9.92. The monoisotopic (exact) mass is 278 g/mol. The topological polar surface area (TPSA) is 24.9 Å². The van der Waals surface area contributed by atoms with Gasteiger partial charge < -0.3 is 5.32 Å². The van der Waals surface area contributed by atoms with Gasteiger partial charge in [0.1, 0.15) is 0 Å². The molecule has 2 aromatic rings. The van der Waals surface area contributed by atoms with Crippen LogP contribution in [0.2, 0.25) is 10.0 Å². The van der Waals surface area contributed by atoms with E-state index in [0.29, 0.717) is 10.0 Å². The molecule has 18 heavy (non-hydrogen) atoms. The quantitative estimate of drug-likeness (QED) is 0.861. The van der Waals surface area contributed by atoms with Crippen LogP contribution in [-0.2, 0) is 13.0 Å². The van der Waals surface area contributed by atoms with Gasteiger partial charge in [-0.05, 0) is 53.4 Å². The molecule has 0 atom stereocenters. The summed E-state index contributed by atoms with van der Waals surface area (Å²) in [4.78, 5) is 4.05. The van der Waals surface area contributed by atoms with Crippen LogP contribution in [-0.4, -0.2) is 11.5 Å². The molecule has 0 unspecified atom stereocenters. The average molecular weight is 279 g/mol. The smallest absolute Gasteiger partial charge is 0.0628 e. The molecule has 0 radical (unpaired) electrons. The summed E-state index contributed by atoms with van der Waals surface area (Å²) in [7, 11) is 0. The number of hydrogen-bond donors (Lipinski definition) is 1. The number of fused-ring (bicyclic) bond motifs is 1. The summed E-state index contributed by atoms with van der Waals surface area (Å²) in [6.45, 7) is 1.78. The van der Waals surface area contributed by atoms with E-state index in [2.05, 4.69) is 10.3 Å². The SMILES string of the molecule is Clc1cc(-c2ccncc2)c2c(c1Cl)CCNC2. The summed E-state index contributed by atoms with van der Waals surface area (Å²) in [6.07, 6.45) is 4.51. The van der Waals surface area contributed by atoms with Crippen molar-refractivity contribution in [3.63, 3.8) is 0 Å². The maximum absolute atomic E-state index is 6.30. The molecule has 3 rings (SSSR count). The molecule has 0 saturated carbocycles. The number of rotatable bonds is 1. The maximum Gasteiger partial charge on any atom is 0.0628 e. The van der Waals surface area contributed by atoms with Gasteiger partial charge in [0, 0.05) is 18.9 Å². The molecule has 1 aliphatic heterocycles. The van der Waals surface area contributed by atoms with Gasteiger partial charge in [-0.2, -0.15) is 0 Å². The third-order valence-corrected chi connectivity index (χ3v) is 4.11. The van der Waals surface area contributed by atoms with E-state index in [-0.39, 0.29) is 0 Å². The number of aromatic nitrogens is 1. The molecule has 0 bridgehead atoms. The van der Waals surface area contributed by atoms with Crippen molar-refractivity contribution in [2.24, 2.45) is 0 Å². The molecule has 0 spiro atoms. The predicted octanol–water partition coefficient (Wildman–Crippen LogP) is 3.70. The molecule has 0 saturated heterocycles. The average Bonchev–Trinajstić information content (AvgIpc) is 2.44. The van der Waals surface area contributed by atoms with Crippen molar-refractivity contribution >= 4 is 23.2 Å². The van der Waals surface area contributed by atoms with Crippen LogP contribution in [0.15, 0.2) is 30.6 Å². The molecule has 1 N–H and O–H groups in total. The minimum atomic E-state index is 0.629. The number of pyridine rings is 1. The predicted molar refractivity (Wildman–Crippen MR) is 75.1 cm³/mol. The van der Waals surface area contributed by atoms with Crippen molar-refractivity contribution in [1.82, 2.24) is 10.3 Å². The molecule has 4 heteroatoms. The lowest BCUT2D eigenvalue weighted by Crippen LogP contribution is -2.24. The zero-order valence-electron chi connectivity index (χ0n) is 9.71. The van der Waals surface area contributed by atoms with Gasteiger partial charge in [0.2, 0.25) is 0 Å². The second kappa shape index (κ2) is 4.88. The number of halogens is 2. The van der Waals surface area contributed by atoms with Gasteiger partial charge in [0.25, 0.3) is 0 Å². The fraction of sp³-hybridized carbons (Fsp3) is 0.214. The van der Waals surface area contributed by atoms with Crippen molar-refractivity contribution in [2.45, 2.75) is 13.0 Å². The van der Waals surface area contributed by atoms with Gasteiger partial charge in [-0.25, -0.2) is 0 Å². The van der Waals surface area contributed by atoms with Crippen LogP contribution in [0.25, 0.3) is 11.1 Å². The summed E-state index contributed by atoms with van der Waals surface area (Å²) >= 11 is 12.5. The van der Waals surface area contributed by atoms with Crippen LogP contribution in [0.4, 0.5) is 0 Å². The minimum absolute atomic E-state index is 0.629. The Morgan fingerprint density at radius 2 is 1.89 bits per heavy atom. The fourth-order valence-electron chi connectivity index (χ4n) is 2.39. The number of hydrogen-bond acceptors (Lipinski definition) is 2. The van der Waals surface area contributed by atoms with E-state index in [1.807, 2.05) is 18.2 Å². The Kier molecular flexibility index (Phi) is 3.25. The molecular formula is C14H12Cl2N2. The highest BCUT2D eigenvalue weighted by atomic mass is 35.5. The Morgan fingerprint density at radius 1 is 1.11 bits per heavy atom. The van der Waals surface area contributed by atoms with Crippen molar-refractivity contribution in [2.75, 3.05) is 6.54 Å². The molecule has 1 aromatic carbocycles. The molecular weight excluding hydrogens is 267 g/mol. The second-order valence-electron chi connectivity index (χ2n) is 4.34. The van der Waals surface area contributed by atoms with Gasteiger partial charge >= 0.3 is 0 Å². The van der Waals surface area contributed by atoms with E-state index in [9.17, 15) is 0 Å². The Hall–Kier alpha value is -1.09. The Labute approximate surface area is 116 Å². The van der Waals surface area contributed by atoms with Crippen molar-refractivity contribution < 1.29 is 0 Å². The largest absolute Gasteiger partial charge is 0.312 e. The number of benzene rings is 1. The van der Waals surface area contributed by atoms with E-state index >= 15 is 0 Å². The second-order valence-corrected chi connectivity index (χ2v) is 5.12. The highest BCUT2D eigenvalue weighted by Gasteiger charge is 2.19. The van der Waals surface area contributed by atoms with Crippen LogP contribution in [0.3, 0.4) is 0 Å². The van der Waals surface area contributed by atoms with Gasteiger partial charge in [0.05, 0.1) is 10.0 Å². The maximum atomic E-state index is 6.30. The molecule has 0 aliphatic carbocycles. The molecule has 2 heterocycles. The molecule has 0 fully saturated rings. The Bertz CT molecular complexity index is 582. The third-order valence-electron chi connectivity index (χ3n) is 3.28. The van der Waals surface area contributed by atoms with E-state index in [1.165, 1.54) is 11.1 Å². The van der Waals surface area contributed by atoms with Gasteiger partial charge in [0.15, 0.2) is 0 Å². The van der Waals surface area contributed by atoms with Crippen LogP contribution in [0, 0.1) is 0 Å². The normalized spacial score (nSPS) is 14.3. The van der Waals surface area contributed by atoms with Crippen molar-refractivity contribution in [3.05, 3.63) is 51.8 Å². The van der Waals surface area contributed by atoms with E-state index in [0.717, 1.165) is 30.6 Å². The first-order valence-electron chi connectivity index (χ1n) is 5.88. The van der Waals surface area contributed by atoms with Crippen LogP contribution >= 0.6 is 23.2 Å². The van der Waals surface area contributed by atoms with Gasteiger partial charge in [-0.1, -0.05) is 23.2 Å². The summed E-state index contributed by atoms with van der Waals surface area (Å²) in [6, 6.07) is 5.94. The standard InChI is InChI=1S/C14H12Cl2N2/c15-13-7-11(9-1-4-17-5-2-9)12-8-18-6-3-10(12)14(13)16/h1-2,4-5,7,18H,3,6,8H2. The zero-order valence-corrected chi connectivity index (χ0v) is 11.2. The first-order chi connectivity index (χ1) is 8.77. The lowest BCUT2D eigenvalue weighted by molar-refractivity contribution is 0.645. The summed E-state index contributed by atoms with van der Waals surface area (Å²) in [5.74, 6) is 0. The van der Waals surface area contributed by atoms with Crippen molar-refractivity contribution in [3.8, 4) is 11.1 Å². The minimum Gasteiger partial charge on any atom is -0.312 e. The third kappa shape index (κ3) is 2.01. The first-order valence-corrected chi connectivity index (χ1v) is 6.64. The lowest BCUT2D eigenvalue weighted by Gasteiger charge is -2.22. The zero-order chi connectivity index (χ0) is 12.5. The molecule has 0 amide bonds. The van der Waals surface area contributed by atoms with Crippen LogP contribution < -0.4 is 5.32 Å². The molecule has 1 aromatic heterocycles. The van der Waals surface area contributed by atoms with Gasteiger partial charge in [-0.3, -0.25) is 4.98 Å². The highest BCUT2D eigenvalue weighted by Crippen LogP contribution is 2.37. The number of nitrogens with one attached hydrogen (secondary N) is 1. The van der Waals surface area contributed by atoms with Crippen molar-refractivity contribution in [1.29, 1.82) is 0 Å². The summed E-state index contributed by atoms with van der Waals surface area (Å²) < 4.78 is 0. The van der Waals surface area contributed by atoms with E-state index in [1.54, 1.807) is 12.4 Å². The molecule has 1 aliphatic rings. The summed E-state index contributed by atoms with van der Waals surface area (Å²) in [5.41, 5.74) is 4.70. The van der Waals surface area contributed by atoms with Crippen LogP contribution in [0.5, 0.6) is 0 Å². The van der Waals surface area contributed by atoms with E-state index < -0.39 is 0 Å². The number of nitrogens with zero attached hydrogens (tertiary/aromatic N) is 1. The Morgan fingerprint density at radius 3 is 2.67 bits per heavy atom. The van der Waals surface area contributed by atoms with Crippen LogP contribution in [0.1, 0.15) is 11.1 Å². The molecule has 92 valence electrons. The fourth-order valence-corrected chi connectivity index (χ4v) is 2.88. The highest BCUT2D eigenvalue weighted by molar-refractivity contribution is 6.42.